The Balaban J connectivity index is 1.82. The Hall–Kier alpha value is -2.45. The molecule has 0 fully saturated rings. The lowest BCUT2D eigenvalue weighted by molar-refractivity contribution is -0.117. The van der Waals surface area contributed by atoms with Crippen LogP contribution in [0.5, 0.6) is 0 Å². The topological polar surface area (TPSA) is 87.6 Å². The number of nitrogens with one attached hydrogen (secondary N) is 2. The molecular formula is C16H13ClFN3O3S. The number of halogens is 2. The molecule has 9 heteroatoms. The standard InChI is InChI=1S/C16H13ClFN3O3S/c1-9(16(22)20-10-6-7-13(18)12(17)8-10)19-15-11-4-2-3-5-14(11)25(23,24)21-15/h2-9H,1H3,(H,19,21)(H,20,22)/t9-/m0/s1. The Bertz CT molecular complexity index is 992. The number of aliphatic imine (C=N–C) groups is 1. The van der Waals surface area contributed by atoms with Gasteiger partial charge in [0.15, 0.2) is 0 Å². The van der Waals surface area contributed by atoms with E-state index >= 15 is 0 Å². The first-order valence-electron chi connectivity index (χ1n) is 7.24. The van der Waals surface area contributed by atoms with Crippen molar-refractivity contribution in [3.8, 4) is 0 Å². The first-order valence-corrected chi connectivity index (χ1v) is 9.10. The van der Waals surface area contributed by atoms with E-state index in [1.807, 2.05) is 0 Å². The Morgan fingerprint density at radius 3 is 2.72 bits per heavy atom. The maximum atomic E-state index is 13.1. The molecule has 3 rings (SSSR count). The van der Waals surface area contributed by atoms with Gasteiger partial charge in [0.05, 0.1) is 9.92 Å². The molecule has 0 aromatic heterocycles. The SMILES string of the molecule is C[C@H](N=C1NS(=O)(=O)c2ccccc21)C(=O)Nc1ccc(F)c(Cl)c1. The number of rotatable bonds is 3. The number of amidine groups is 1. The Morgan fingerprint density at radius 2 is 2.00 bits per heavy atom. The Kier molecular flexibility index (Phi) is 4.49. The van der Waals surface area contributed by atoms with Gasteiger partial charge in [-0.2, -0.15) is 0 Å². The van der Waals surface area contributed by atoms with E-state index in [9.17, 15) is 17.6 Å². The van der Waals surface area contributed by atoms with E-state index in [0.717, 1.165) is 6.07 Å². The Morgan fingerprint density at radius 1 is 1.28 bits per heavy atom. The summed E-state index contributed by atoms with van der Waals surface area (Å²) in [6.45, 7) is 1.52. The van der Waals surface area contributed by atoms with E-state index in [1.165, 1.54) is 25.1 Å². The van der Waals surface area contributed by atoms with Crippen molar-refractivity contribution in [1.82, 2.24) is 4.72 Å². The molecular weight excluding hydrogens is 369 g/mol. The number of sulfonamides is 1. The zero-order valence-corrected chi connectivity index (χ0v) is 14.5. The van der Waals surface area contributed by atoms with Gasteiger partial charge in [0, 0.05) is 11.3 Å². The average Bonchev–Trinajstić information content (AvgIpc) is 2.82. The van der Waals surface area contributed by atoms with Crippen LogP contribution in [-0.4, -0.2) is 26.2 Å². The largest absolute Gasteiger partial charge is 0.324 e. The van der Waals surface area contributed by atoms with Gasteiger partial charge in [0.1, 0.15) is 17.7 Å². The highest BCUT2D eigenvalue weighted by atomic mass is 35.5. The van der Waals surface area contributed by atoms with Crippen molar-refractivity contribution >= 4 is 39.1 Å². The average molecular weight is 382 g/mol. The van der Waals surface area contributed by atoms with Gasteiger partial charge < -0.3 is 5.32 Å². The molecule has 0 saturated carbocycles. The number of amides is 1. The third-order valence-electron chi connectivity index (χ3n) is 3.55. The molecule has 1 amide bonds. The number of nitrogens with zero attached hydrogens (tertiary/aromatic N) is 1. The molecule has 130 valence electrons. The molecule has 0 radical (unpaired) electrons. The van der Waals surface area contributed by atoms with E-state index < -0.39 is 27.8 Å². The summed E-state index contributed by atoms with van der Waals surface area (Å²) < 4.78 is 39.5. The molecule has 1 heterocycles. The lowest BCUT2D eigenvalue weighted by Crippen LogP contribution is -2.28. The number of fused-ring (bicyclic) bond motifs is 1. The van der Waals surface area contributed by atoms with Crippen LogP contribution in [0.2, 0.25) is 5.02 Å². The maximum Gasteiger partial charge on any atom is 0.263 e. The third kappa shape index (κ3) is 3.49. The molecule has 2 aromatic rings. The summed E-state index contributed by atoms with van der Waals surface area (Å²) in [4.78, 5) is 16.5. The molecule has 1 aliphatic heterocycles. The summed E-state index contributed by atoms with van der Waals surface area (Å²) in [5.74, 6) is -0.973. The number of hydrogen-bond acceptors (Lipinski definition) is 4. The smallest absolute Gasteiger partial charge is 0.263 e. The van der Waals surface area contributed by atoms with E-state index in [1.54, 1.807) is 18.2 Å². The number of benzene rings is 2. The second-order valence-corrected chi connectivity index (χ2v) is 7.43. The van der Waals surface area contributed by atoms with Crippen LogP contribution in [0, 0.1) is 5.82 Å². The second-order valence-electron chi connectivity index (χ2n) is 5.37. The van der Waals surface area contributed by atoms with Gasteiger partial charge >= 0.3 is 0 Å². The van der Waals surface area contributed by atoms with E-state index in [-0.39, 0.29) is 15.8 Å². The summed E-state index contributed by atoms with van der Waals surface area (Å²) in [5, 5.41) is 2.44. The van der Waals surface area contributed by atoms with Crippen LogP contribution in [0.25, 0.3) is 0 Å². The molecule has 2 aromatic carbocycles. The minimum absolute atomic E-state index is 0.107. The first kappa shape index (κ1) is 17.4. The Labute approximate surface area is 148 Å². The van der Waals surface area contributed by atoms with Crippen molar-refractivity contribution in [3.05, 3.63) is 58.9 Å². The van der Waals surface area contributed by atoms with Gasteiger partial charge in [0.25, 0.3) is 10.0 Å². The molecule has 0 bridgehead atoms. The van der Waals surface area contributed by atoms with Crippen molar-refractivity contribution in [2.75, 3.05) is 5.32 Å². The van der Waals surface area contributed by atoms with Crippen LogP contribution < -0.4 is 10.0 Å². The molecule has 1 atom stereocenters. The molecule has 0 saturated heterocycles. The van der Waals surface area contributed by atoms with Gasteiger partial charge in [0.2, 0.25) is 5.91 Å². The van der Waals surface area contributed by atoms with Gasteiger partial charge in [-0.15, -0.1) is 0 Å². The van der Waals surface area contributed by atoms with Crippen molar-refractivity contribution in [1.29, 1.82) is 0 Å². The molecule has 25 heavy (non-hydrogen) atoms. The van der Waals surface area contributed by atoms with Gasteiger partial charge in [-0.3, -0.25) is 14.5 Å². The number of hydrogen-bond donors (Lipinski definition) is 2. The van der Waals surface area contributed by atoms with Crippen molar-refractivity contribution in [2.24, 2.45) is 4.99 Å². The molecule has 2 N–H and O–H groups in total. The van der Waals surface area contributed by atoms with Crippen LogP contribution >= 0.6 is 11.6 Å². The predicted octanol–water partition coefficient (Wildman–Crippen LogP) is 2.54. The first-order chi connectivity index (χ1) is 11.8. The molecule has 0 spiro atoms. The van der Waals surface area contributed by atoms with Crippen molar-refractivity contribution < 1.29 is 17.6 Å². The maximum absolute atomic E-state index is 13.1. The summed E-state index contributed by atoms with van der Waals surface area (Å²) in [6.07, 6.45) is 0. The van der Waals surface area contributed by atoms with Crippen LogP contribution in [0.3, 0.4) is 0 Å². The fourth-order valence-corrected chi connectivity index (χ4v) is 3.72. The fraction of sp³-hybridized carbons (Fsp3) is 0.125. The van der Waals surface area contributed by atoms with Crippen LogP contribution in [-0.2, 0) is 14.8 Å². The molecule has 0 aliphatic carbocycles. The number of anilines is 1. The third-order valence-corrected chi connectivity index (χ3v) is 5.24. The lowest BCUT2D eigenvalue weighted by atomic mass is 10.2. The van der Waals surface area contributed by atoms with Crippen molar-refractivity contribution in [3.63, 3.8) is 0 Å². The fourth-order valence-electron chi connectivity index (χ4n) is 2.30. The predicted molar refractivity (Wildman–Crippen MR) is 92.8 cm³/mol. The minimum Gasteiger partial charge on any atom is -0.324 e. The van der Waals surface area contributed by atoms with E-state index in [4.69, 9.17) is 11.6 Å². The van der Waals surface area contributed by atoms with Crippen molar-refractivity contribution in [2.45, 2.75) is 17.9 Å². The zero-order valence-electron chi connectivity index (χ0n) is 13.0. The molecule has 6 nitrogen and oxygen atoms in total. The summed E-state index contributed by atoms with van der Waals surface area (Å²) >= 11 is 5.67. The highest BCUT2D eigenvalue weighted by Crippen LogP contribution is 2.23. The highest BCUT2D eigenvalue weighted by molar-refractivity contribution is 7.90. The summed E-state index contributed by atoms with van der Waals surface area (Å²) in [7, 11) is -3.67. The number of carbonyl (C=O) groups excluding carboxylic acids is 1. The van der Waals surface area contributed by atoms with Gasteiger partial charge in [-0.05, 0) is 37.3 Å². The highest BCUT2D eigenvalue weighted by Gasteiger charge is 2.31. The summed E-state index contributed by atoms with van der Waals surface area (Å²) in [5.41, 5.74) is 0.725. The normalized spacial score (nSPS) is 17.6. The van der Waals surface area contributed by atoms with E-state index in [0.29, 0.717) is 11.3 Å². The number of carbonyl (C=O) groups is 1. The summed E-state index contributed by atoms with van der Waals surface area (Å²) in [6, 6.07) is 9.26. The van der Waals surface area contributed by atoms with Gasteiger partial charge in [-0.25, -0.2) is 12.8 Å². The van der Waals surface area contributed by atoms with Crippen LogP contribution in [0.4, 0.5) is 10.1 Å². The molecule has 0 unspecified atom stereocenters. The lowest BCUT2D eigenvalue weighted by Gasteiger charge is -2.10. The zero-order chi connectivity index (χ0) is 18.2. The minimum atomic E-state index is -3.67. The van der Waals surface area contributed by atoms with Crippen LogP contribution in [0.1, 0.15) is 12.5 Å². The molecule has 1 aliphatic rings. The van der Waals surface area contributed by atoms with Crippen LogP contribution in [0.15, 0.2) is 52.4 Å². The monoisotopic (exact) mass is 381 g/mol. The van der Waals surface area contributed by atoms with E-state index in [2.05, 4.69) is 15.0 Å². The second kappa shape index (κ2) is 6.45. The van der Waals surface area contributed by atoms with Gasteiger partial charge in [-0.1, -0.05) is 23.7 Å². The quantitative estimate of drug-likeness (QED) is 0.856.